The van der Waals surface area contributed by atoms with Gasteiger partial charge in [-0.1, -0.05) is 53.2 Å². The lowest BCUT2D eigenvalue weighted by molar-refractivity contribution is -0.113. The van der Waals surface area contributed by atoms with Gasteiger partial charge in [-0.05, 0) is 30.3 Å². The Morgan fingerprint density at radius 3 is 2.75 bits per heavy atom. The smallest absolute Gasteiger partial charge is 0.234 e. The molecule has 0 fully saturated rings. The van der Waals surface area contributed by atoms with Crippen molar-refractivity contribution in [3.05, 3.63) is 64.9 Å². The standard InChI is InChI=1S/C16H12Cl2N4OS/c17-11-6-7-13(18)14(8-11)20-15(23)9-24-16-19-10-22(21-16)12-4-2-1-3-5-12/h1-8,10H,9H2,(H,20,23). The Bertz CT molecular complexity index is 854. The minimum absolute atomic E-state index is 0.168. The van der Waals surface area contributed by atoms with E-state index in [4.69, 9.17) is 23.2 Å². The molecule has 0 aliphatic rings. The molecule has 122 valence electrons. The van der Waals surface area contributed by atoms with Gasteiger partial charge in [-0.2, -0.15) is 0 Å². The minimum atomic E-state index is -0.208. The number of rotatable bonds is 5. The van der Waals surface area contributed by atoms with E-state index in [-0.39, 0.29) is 11.7 Å². The van der Waals surface area contributed by atoms with E-state index < -0.39 is 0 Å². The van der Waals surface area contributed by atoms with Crippen molar-refractivity contribution in [2.45, 2.75) is 5.16 Å². The Kier molecular flexibility index (Phi) is 5.40. The van der Waals surface area contributed by atoms with Crippen molar-refractivity contribution in [2.24, 2.45) is 0 Å². The van der Waals surface area contributed by atoms with Gasteiger partial charge in [-0.15, -0.1) is 5.10 Å². The Hall–Kier alpha value is -2.02. The molecule has 1 N–H and O–H groups in total. The number of carbonyl (C=O) groups excluding carboxylic acids is 1. The topological polar surface area (TPSA) is 59.8 Å². The third kappa shape index (κ3) is 4.29. The number of aromatic nitrogens is 3. The first-order valence-electron chi connectivity index (χ1n) is 6.96. The van der Waals surface area contributed by atoms with Gasteiger partial charge in [-0.25, -0.2) is 9.67 Å². The summed E-state index contributed by atoms with van der Waals surface area (Å²) in [6.45, 7) is 0. The predicted octanol–water partition coefficient (Wildman–Crippen LogP) is 4.30. The molecule has 0 bridgehead atoms. The summed E-state index contributed by atoms with van der Waals surface area (Å²) in [6.07, 6.45) is 1.61. The molecule has 5 nitrogen and oxygen atoms in total. The SMILES string of the molecule is O=C(CSc1ncn(-c2ccccc2)n1)Nc1cc(Cl)ccc1Cl. The highest BCUT2D eigenvalue weighted by atomic mass is 35.5. The highest BCUT2D eigenvalue weighted by Gasteiger charge is 2.10. The maximum atomic E-state index is 12.0. The highest BCUT2D eigenvalue weighted by Crippen LogP contribution is 2.25. The molecule has 1 amide bonds. The number of amides is 1. The van der Waals surface area contributed by atoms with Crippen LogP contribution in [0, 0.1) is 0 Å². The number of nitrogens with zero attached hydrogens (tertiary/aromatic N) is 3. The van der Waals surface area contributed by atoms with Crippen LogP contribution in [0.2, 0.25) is 10.0 Å². The summed E-state index contributed by atoms with van der Waals surface area (Å²) in [5.41, 5.74) is 1.39. The molecule has 0 atom stereocenters. The normalized spacial score (nSPS) is 10.6. The molecule has 24 heavy (non-hydrogen) atoms. The molecule has 0 spiro atoms. The molecule has 0 aliphatic heterocycles. The average Bonchev–Trinajstić information content (AvgIpc) is 3.06. The number of halogens is 2. The van der Waals surface area contributed by atoms with E-state index in [0.29, 0.717) is 20.9 Å². The Morgan fingerprint density at radius 1 is 1.17 bits per heavy atom. The van der Waals surface area contributed by atoms with Crippen molar-refractivity contribution in [3.63, 3.8) is 0 Å². The molecule has 0 unspecified atom stereocenters. The Balaban J connectivity index is 1.59. The van der Waals surface area contributed by atoms with Crippen LogP contribution >= 0.6 is 35.0 Å². The average molecular weight is 379 g/mol. The van der Waals surface area contributed by atoms with Crippen LogP contribution in [0.15, 0.2) is 60.0 Å². The number of thioether (sulfide) groups is 1. The molecule has 0 saturated carbocycles. The molecule has 1 heterocycles. The molecule has 0 aliphatic carbocycles. The van der Waals surface area contributed by atoms with Crippen LogP contribution < -0.4 is 5.32 Å². The van der Waals surface area contributed by atoms with Crippen LogP contribution in [0.5, 0.6) is 0 Å². The summed E-state index contributed by atoms with van der Waals surface area (Å²) in [5, 5.41) is 8.51. The summed E-state index contributed by atoms with van der Waals surface area (Å²) in [7, 11) is 0. The first-order chi connectivity index (χ1) is 11.6. The molecular weight excluding hydrogens is 367 g/mol. The van der Waals surface area contributed by atoms with E-state index >= 15 is 0 Å². The van der Waals surface area contributed by atoms with Gasteiger partial charge in [0.1, 0.15) is 6.33 Å². The van der Waals surface area contributed by atoms with Gasteiger partial charge in [0.2, 0.25) is 11.1 Å². The molecule has 0 saturated heterocycles. The molecule has 3 rings (SSSR count). The van der Waals surface area contributed by atoms with E-state index in [9.17, 15) is 4.79 Å². The van der Waals surface area contributed by atoms with Gasteiger partial charge in [-0.3, -0.25) is 4.79 Å². The van der Waals surface area contributed by atoms with Crippen LogP contribution in [-0.2, 0) is 4.79 Å². The van der Waals surface area contributed by atoms with Gasteiger partial charge in [0.15, 0.2) is 0 Å². The maximum Gasteiger partial charge on any atom is 0.234 e. The van der Waals surface area contributed by atoms with Crippen molar-refractivity contribution < 1.29 is 4.79 Å². The van der Waals surface area contributed by atoms with Crippen LogP contribution in [0.1, 0.15) is 0 Å². The molecule has 1 aromatic heterocycles. The van der Waals surface area contributed by atoms with Gasteiger partial charge in [0, 0.05) is 5.02 Å². The number of hydrogen-bond donors (Lipinski definition) is 1. The van der Waals surface area contributed by atoms with E-state index in [1.807, 2.05) is 30.3 Å². The fourth-order valence-corrected chi connectivity index (χ4v) is 2.87. The minimum Gasteiger partial charge on any atom is -0.324 e. The number of carbonyl (C=O) groups is 1. The number of nitrogens with one attached hydrogen (secondary N) is 1. The second kappa shape index (κ2) is 7.70. The summed E-state index contributed by atoms with van der Waals surface area (Å²) < 4.78 is 1.66. The third-order valence-electron chi connectivity index (χ3n) is 3.03. The van der Waals surface area contributed by atoms with Crippen molar-refractivity contribution in [2.75, 3.05) is 11.1 Å². The van der Waals surface area contributed by atoms with Gasteiger partial charge in [0.05, 0.1) is 22.2 Å². The summed E-state index contributed by atoms with van der Waals surface area (Å²) in [4.78, 5) is 16.2. The van der Waals surface area contributed by atoms with Gasteiger partial charge in [0.25, 0.3) is 0 Å². The molecule has 3 aromatic rings. The number of benzene rings is 2. The summed E-state index contributed by atoms with van der Waals surface area (Å²) in [5.74, 6) is -0.0398. The first-order valence-corrected chi connectivity index (χ1v) is 8.71. The quantitative estimate of drug-likeness (QED) is 0.672. The van der Waals surface area contributed by atoms with Crippen LogP contribution in [0.25, 0.3) is 5.69 Å². The van der Waals surface area contributed by atoms with Crippen LogP contribution in [0.4, 0.5) is 5.69 Å². The number of hydrogen-bond acceptors (Lipinski definition) is 4. The van der Waals surface area contributed by atoms with Crippen LogP contribution in [0.3, 0.4) is 0 Å². The largest absolute Gasteiger partial charge is 0.324 e. The van der Waals surface area contributed by atoms with E-state index in [1.54, 1.807) is 29.2 Å². The van der Waals surface area contributed by atoms with Crippen molar-refractivity contribution in [1.82, 2.24) is 14.8 Å². The third-order valence-corrected chi connectivity index (χ3v) is 4.44. The van der Waals surface area contributed by atoms with Gasteiger partial charge < -0.3 is 5.32 Å². The van der Waals surface area contributed by atoms with Crippen LogP contribution in [-0.4, -0.2) is 26.4 Å². The molecule has 2 aromatic carbocycles. The highest BCUT2D eigenvalue weighted by molar-refractivity contribution is 7.99. The van der Waals surface area contributed by atoms with Crippen molar-refractivity contribution >= 4 is 46.6 Å². The van der Waals surface area contributed by atoms with E-state index in [2.05, 4.69) is 15.4 Å². The Morgan fingerprint density at radius 2 is 1.96 bits per heavy atom. The second-order valence-electron chi connectivity index (χ2n) is 4.77. The van der Waals surface area contributed by atoms with E-state index in [0.717, 1.165) is 5.69 Å². The Labute approximate surface area is 153 Å². The number of para-hydroxylation sites is 1. The summed E-state index contributed by atoms with van der Waals surface area (Å²) >= 11 is 13.2. The predicted molar refractivity (Wildman–Crippen MR) is 97.2 cm³/mol. The van der Waals surface area contributed by atoms with Crippen molar-refractivity contribution in [3.8, 4) is 5.69 Å². The maximum absolute atomic E-state index is 12.0. The fourth-order valence-electron chi connectivity index (χ4n) is 1.93. The number of anilines is 1. The molecule has 8 heteroatoms. The zero-order valence-corrected chi connectivity index (χ0v) is 14.6. The first kappa shape index (κ1) is 16.8. The summed E-state index contributed by atoms with van der Waals surface area (Å²) in [6, 6.07) is 14.5. The van der Waals surface area contributed by atoms with E-state index in [1.165, 1.54) is 11.8 Å². The van der Waals surface area contributed by atoms with Gasteiger partial charge >= 0.3 is 0 Å². The lowest BCUT2D eigenvalue weighted by atomic mass is 10.3. The molecular formula is C16H12Cl2N4OS. The fraction of sp³-hybridized carbons (Fsp3) is 0.0625. The monoisotopic (exact) mass is 378 g/mol. The van der Waals surface area contributed by atoms with Crippen molar-refractivity contribution in [1.29, 1.82) is 0 Å². The lowest BCUT2D eigenvalue weighted by Gasteiger charge is -2.06. The second-order valence-corrected chi connectivity index (χ2v) is 6.55. The molecule has 0 radical (unpaired) electrons. The zero-order chi connectivity index (χ0) is 16.9. The zero-order valence-electron chi connectivity index (χ0n) is 12.3. The lowest BCUT2D eigenvalue weighted by Crippen LogP contribution is -2.14.